The molecule has 2 fully saturated rings. The average Bonchev–Trinajstić information content (AvgIpc) is 3.15. The Kier molecular flexibility index (Phi) is 3.39. The van der Waals surface area contributed by atoms with Gasteiger partial charge in [-0.3, -0.25) is 0 Å². The van der Waals surface area contributed by atoms with E-state index in [2.05, 4.69) is 23.5 Å². The van der Waals surface area contributed by atoms with Crippen molar-refractivity contribution in [2.75, 3.05) is 13.1 Å². The Labute approximate surface area is 109 Å². The van der Waals surface area contributed by atoms with Gasteiger partial charge in [-0.25, -0.2) is 0 Å². The van der Waals surface area contributed by atoms with Crippen LogP contribution in [0.4, 0.5) is 0 Å². The van der Waals surface area contributed by atoms with E-state index < -0.39 is 0 Å². The number of halogens is 1. The molecule has 2 heteroatoms. The molecule has 1 aliphatic heterocycles. The third-order valence-corrected chi connectivity index (χ3v) is 4.33. The molecule has 0 spiro atoms. The van der Waals surface area contributed by atoms with Gasteiger partial charge < -0.3 is 5.32 Å². The minimum atomic E-state index is 0.757. The molecule has 3 rings (SSSR count). The first-order chi connectivity index (χ1) is 8.33. The number of rotatable bonds is 3. The van der Waals surface area contributed by atoms with E-state index in [1.807, 2.05) is 0 Å². The lowest BCUT2D eigenvalue weighted by atomic mass is 9.92. The molecule has 0 radical (unpaired) electrons. The van der Waals surface area contributed by atoms with E-state index in [-0.39, 0.29) is 0 Å². The number of hydrogen-bond donors (Lipinski definition) is 1. The predicted molar refractivity (Wildman–Crippen MR) is 72.7 cm³/mol. The van der Waals surface area contributed by atoms with E-state index in [1.165, 1.54) is 56.3 Å². The smallest absolute Gasteiger partial charge is 0.0443 e. The van der Waals surface area contributed by atoms with Crippen molar-refractivity contribution in [2.45, 2.75) is 38.0 Å². The Balaban J connectivity index is 1.68. The van der Waals surface area contributed by atoms with Crippen LogP contribution in [0.5, 0.6) is 0 Å². The molecule has 1 saturated heterocycles. The second-order valence-corrected chi connectivity index (χ2v) is 5.95. The van der Waals surface area contributed by atoms with Crippen LogP contribution in [0.3, 0.4) is 0 Å². The van der Waals surface area contributed by atoms with Gasteiger partial charge in [-0.2, -0.15) is 0 Å². The van der Waals surface area contributed by atoms with Crippen LogP contribution in [0.1, 0.15) is 42.7 Å². The van der Waals surface area contributed by atoms with Crippen LogP contribution in [0.2, 0.25) is 5.02 Å². The molecule has 1 nitrogen and oxygen atoms in total. The highest BCUT2D eigenvalue weighted by atomic mass is 35.5. The summed E-state index contributed by atoms with van der Waals surface area (Å²) in [5.74, 6) is 1.56. The van der Waals surface area contributed by atoms with E-state index >= 15 is 0 Å². The van der Waals surface area contributed by atoms with Crippen molar-refractivity contribution in [2.24, 2.45) is 5.92 Å². The summed E-state index contributed by atoms with van der Waals surface area (Å²) in [6, 6.07) is 6.74. The molecule has 1 N–H and O–H groups in total. The Bertz CT molecular complexity index is 392. The fraction of sp³-hybridized carbons (Fsp3) is 0.600. The quantitative estimate of drug-likeness (QED) is 0.860. The van der Waals surface area contributed by atoms with E-state index in [0.29, 0.717) is 0 Å². The van der Waals surface area contributed by atoms with Crippen molar-refractivity contribution in [3.8, 4) is 0 Å². The minimum Gasteiger partial charge on any atom is -0.316 e. The summed E-state index contributed by atoms with van der Waals surface area (Å²) in [6.45, 7) is 2.36. The Hall–Kier alpha value is -0.530. The highest BCUT2D eigenvalue weighted by Gasteiger charge is 2.25. The van der Waals surface area contributed by atoms with Gasteiger partial charge in [-0.1, -0.05) is 23.7 Å². The van der Waals surface area contributed by atoms with Crippen LogP contribution in [0, 0.1) is 5.92 Å². The summed E-state index contributed by atoms with van der Waals surface area (Å²) in [5.41, 5.74) is 2.78. The van der Waals surface area contributed by atoms with Gasteiger partial charge in [0.1, 0.15) is 0 Å². The van der Waals surface area contributed by atoms with Gasteiger partial charge in [-0.15, -0.1) is 0 Å². The molecule has 1 unspecified atom stereocenters. The third-order valence-electron chi connectivity index (χ3n) is 4.01. The van der Waals surface area contributed by atoms with Gasteiger partial charge in [0, 0.05) is 5.02 Å². The SMILES string of the molecule is Clc1cc(CC2CCCNC2)ccc1C1CC1. The van der Waals surface area contributed by atoms with Crippen molar-refractivity contribution in [3.05, 3.63) is 34.3 Å². The van der Waals surface area contributed by atoms with Gasteiger partial charge in [0.05, 0.1) is 0 Å². The highest BCUT2D eigenvalue weighted by Crippen LogP contribution is 2.43. The second kappa shape index (κ2) is 4.99. The first-order valence-corrected chi connectivity index (χ1v) is 7.20. The molecule has 1 aromatic rings. The molecule has 1 heterocycles. The Morgan fingerprint density at radius 1 is 1.24 bits per heavy atom. The number of nitrogens with one attached hydrogen (secondary N) is 1. The number of hydrogen-bond acceptors (Lipinski definition) is 1. The van der Waals surface area contributed by atoms with Gasteiger partial charge in [0.2, 0.25) is 0 Å². The number of benzene rings is 1. The molecule has 92 valence electrons. The summed E-state index contributed by atoms with van der Waals surface area (Å²) in [5, 5.41) is 4.47. The normalized spacial score (nSPS) is 24.9. The first kappa shape index (κ1) is 11.6. The maximum absolute atomic E-state index is 6.37. The highest BCUT2D eigenvalue weighted by molar-refractivity contribution is 6.31. The fourth-order valence-corrected chi connectivity index (χ4v) is 3.21. The minimum absolute atomic E-state index is 0.757. The topological polar surface area (TPSA) is 12.0 Å². The van der Waals surface area contributed by atoms with E-state index in [1.54, 1.807) is 0 Å². The van der Waals surface area contributed by atoms with Crippen molar-refractivity contribution < 1.29 is 0 Å². The third kappa shape index (κ3) is 2.83. The largest absolute Gasteiger partial charge is 0.316 e. The van der Waals surface area contributed by atoms with Crippen molar-refractivity contribution in [1.82, 2.24) is 5.32 Å². The van der Waals surface area contributed by atoms with Gasteiger partial charge in [0.25, 0.3) is 0 Å². The van der Waals surface area contributed by atoms with Gasteiger partial charge in [0.15, 0.2) is 0 Å². The molecule has 17 heavy (non-hydrogen) atoms. The van der Waals surface area contributed by atoms with Crippen LogP contribution >= 0.6 is 11.6 Å². The zero-order valence-electron chi connectivity index (χ0n) is 10.2. The summed E-state index contributed by atoms with van der Waals surface area (Å²) in [7, 11) is 0. The molecule has 0 bridgehead atoms. The lowest BCUT2D eigenvalue weighted by molar-refractivity contribution is 0.376. The monoisotopic (exact) mass is 249 g/mol. The molecule has 1 atom stereocenters. The van der Waals surface area contributed by atoms with E-state index in [4.69, 9.17) is 11.6 Å². The summed E-state index contributed by atoms with van der Waals surface area (Å²) < 4.78 is 0. The summed E-state index contributed by atoms with van der Waals surface area (Å²) in [6.07, 6.45) is 6.50. The molecular formula is C15H20ClN. The second-order valence-electron chi connectivity index (χ2n) is 5.55. The van der Waals surface area contributed by atoms with Crippen LogP contribution in [0.15, 0.2) is 18.2 Å². The summed E-state index contributed by atoms with van der Waals surface area (Å²) >= 11 is 6.37. The van der Waals surface area contributed by atoms with E-state index in [0.717, 1.165) is 16.9 Å². The van der Waals surface area contributed by atoms with Crippen molar-refractivity contribution >= 4 is 11.6 Å². The first-order valence-electron chi connectivity index (χ1n) is 6.82. The van der Waals surface area contributed by atoms with Crippen molar-refractivity contribution in [1.29, 1.82) is 0 Å². The molecule has 1 saturated carbocycles. The average molecular weight is 250 g/mol. The fourth-order valence-electron chi connectivity index (χ4n) is 2.85. The van der Waals surface area contributed by atoms with Gasteiger partial charge in [-0.05, 0) is 74.2 Å². The van der Waals surface area contributed by atoms with Crippen molar-refractivity contribution in [3.63, 3.8) is 0 Å². The Morgan fingerprint density at radius 3 is 2.76 bits per heavy atom. The molecule has 1 aliphatic carbocycles. The Morgan fingerprint density at radius 2 is 2.12 bits per heavy atom. The number of piperidine rings is 1. The van der Waals surface area contributed by atoms with Gasteiger partial charge >= 0.3 is 0 Å². The standard InChI is InChI=1S/C15H20ClN/c16-15-9-11(3-6-14(15)13-4-5-13)8-12-2-1-7-17-10-12/h3,6,9,12-13,17H,1-2,4-5,7-8,10H2. The summed E-state index contributed by atoms with van der Waals surface area (Å²) in [4.78, 5) is 0. The molecular weight excluding hydrogens is 230 g/mol. The molecule has 1 aromatic carbocycles. The molecule has 0 amide bonds. The lowest BCUT2D eigenvalue weighted by Gasteiger charge is -2.22. The maximum Gasteiger partial charge on any atom is 0.0443 e. The van der Waals surface area contributed by atoms with Crippen LogP contribution < -0.4 is 5.32 Å². The molecule has 0 aromatic heterocycles. The lowest BCUT2D eigenvalue weighted by Crippen LogP contribution is -2.30. The zero-order valence-corrected chi connectivity index (χ0v) is 11.0. The van der Waals surface area contributed by atoms with E-state index in [9.17, 15) is 0 Å². The van der Waals surface area contributed by atoms with Crippen LogP contribution in [-0.4, -0.2) is 13.1 Å². The van der Waals surface area contributed by atoms with Crippen LogP contribution in [0.25, 0.3) is 0 Å². The van der Waals surface area contributed by atoms with Crippen LogP contribution in [-0.2, 0) is 6.42 Å². The molecule has 2 aliphatic rings. The maximum atomic E-state index is 6.37. The zero-order chi connectivity index (χ0) is 11.7. The predicted octanol–water partition coefficient (Wildman–Crippen LogP) is 3.76.